The molecule has 0 saturated heterocycles. The quantitative estimate of drug-likeness (QED) is 0.671. The molecule has 1 atom stereocenters. The molecular weight excluding hydrogens is 186 g/mol. The highest BCUT2D eigenvalue weighted by molar-refractivity contribution is 7.19. The number of hydrogen-bond donors (Lipinski definition) is 3. The molecule has 1 aromatic heterocycles. The Kier molecular flexibility index (Phi) is 3.98. The van der Waals surface area contributed by atoms with Crippen molar-refractivity contribution in [1.82, 2.24) is 4.98 Å². The number of hydrogen-bond acceptors (Lipinski definition) is 5. The minimum Gasteiger partial charge on any atom is -0.391 e. The van der Waals surface area contributed by atoms with Crippen molar-refractivity contribution < 1.29 is 5.11 Å². The Morgan fingerprint density at radius 3 is 3.08 bits per heavy atom. The van der Waals surface area contributed by atoms with E-state index >= 15 is 0 Å². The number of rotatable bonds is 5. The number of aromatic nitrogens is 1. The maximum atomic E-state index is 9.40. The van der Waals surface area contributed by atoms with Crippen LogP contribution in [0.3, 0.4) is 0 Å². The lowest BCUT2D eigenvalue weighted by Gasteiger charge is -2.08. The van der Waals surface area contributed by atoms with Crippen molar-refractivity contribution >= 4 is 21.5 Å². The second-order valence-corrected chi connectivity index (χ2v) is 3.95. The number of nitrogens with one attached hydrogen (secondary N) is 1. The topological polar surface area (TPSA) is 71.2 Å². The van der Waals surface area contributed by atoms with Crippen molar-refractivity contribution in [3.8, 4) is 0 Å². The fraction of sp³-hybridized carbons (Fsp3) is 0.625. The number of nitrogens with two attached hydrogens (primary N) is 1. The molecule has 0 aliphatic heterocycles. The van der Waals surface area contributed by atoms with Crippen molar-refractivity contribution in [1.29, 1.82) is 0 Å². The monoisotopic (exact) mass is 201 g/mol. The van der Waals surface area contributed by atoms with Gasteiger partial charge in [0.25, 0.3) is 0 Å². The van der Waals surface area contributed by atoms with Crippen LogP contribution in [0.15, 0.2) is 6.20 Å². The van der Waals surface area contributed by atoms with Crippen LogP contribution in [0.25, 0.3) is 0 Å². The van der Waals surface area contributed by atoms with Gasteiger partial charge < -0.3 is 16.2 Å². The Bertz CT molecular complexity index is 251. The van der Waals surface area contributed by atoms with Crippen molar-refractivity contribution in [3.05, 3.63) is 6.20 Å². The first-order valence-corrected chi connectivity index (χ1v) is 5.17. The average molecular weight is 201 g/mol. The molecule has 1 aromatic rings. The molecule has 13 heavy (non-hydrogen) atoms. The Morgan fingerprint density at radius 1 is 1.77 bits per heavy atom. The maximum Gasteiger partial charge on any atom is 0.184 e. The predicted octanol–water partition coefficient (Wildman–Crippen LogP) is 1.30. The molecule has 4 N–H and O–H groups in total. The van der Waals surface area contributed by atoms with Crippen LogP contribution in [0.1, 0.15) is 19.8 Å². The summed E-state index contributed by atoms with van der Waals surface area (Å²) in [7, 11) is 0. The van der Waals surface area contributed by atoms with Gasteiger partial charge in [0.05, 0.1) is 12.3 Å². The minimum atomic E-state index is -0.296. The zero-order valence-corrected chi connectivity index (χ0v) is 8.47. The van der Waals surface area contributed by atoms with E-state index in [4.69, 9.17) is 5.73 Å². The second-order valence-electron chi connectivity index (χ2n) is 2.89. The largest absolute Gasteiger partial charge is 0.391 e. The lowest BCUT2D eigenvalue weighted by molar-refractivity contribution is 0.176. The number of thiazole rings is 1. The summed E-state index contributed by atoms with van der Waals surface area (Å²) in [6, 6.07) is 0. The molecule has 1 unspecified atom stereocenters. The number of nitrogen functional groups attached to an aromatic ring is 1. The lowest BCUT2D eigenvalue weighted by atomic mass is 10.2. The fourth-order valence-electron chi connectivity index (χ4n) is 1.01. The molecular formula is C8H15N3OS. The van der Waals surface area contributed by atoms with Crippen molar-refractivity contribution in [2.45, 2.75) is 25.9 Å². The van der Waals surface area contributed by atoms with Crippen molar-refractivity contribution in [3.63, 3.8) is 0 Å². The van der Waals surface area contributed by atoms with Gasteiger partial charge in [0.1, 0.15) is 5.00 Å². The van der Waals surface area contributed by atoms with E-state index in [1.54, 1.807) is 6.20 Å². The Labute approximate surface area is 81.8 Å². The van der Waals surface area contributed by atoms with Gasteiger partial charge in [-0.3, -0.25) is 0 Å². The lowest BCUT2D eigenvalue weighted by Crippen LogP contribution is -2.18. The molecule has 74 valence electrons. The third-order valence-corrected chi connectivity index (χ3v) is 2.42. The van der Waals surface area contributed by atoms with Gasteiger partial charge in [-0.2, -0.15) is 0 Å². The predicted molar refractivity (Wildman–Crippen MR) is 55.9 cm³/mol. The van der Waals surface area contributed by atoms with Crippen LogP contribution in [-0.4, -0.2) is 22.7 Å². The summed E-state index contributed by atoms with van der Waals surface area (Å²) < 4.78 is 0. The summed E-state index contributed by atoms with van der Waals surface area (Å²) in [5.74, 6) is 0. The van der Waals surface area contributed by atoms with E-state index in [9.17, 15) is 5.11 Å². The van der Waals surface area contributed by atoms with Gasteiger partial charge in [-0.05, 0) is 6.42 Å². The average Bonchev–Trinajstić information content (AvgIpc) is 2.49. The number of nitrogens with zero attached hydrogens (tertiary/aromatic N) is 1. The van der Waals surface area contributed by atoms with Crippen LogP contribution in [0.2, 0.25) is 0 Å². The van der Waals surface area contributed by atoms with Crippen molar-refractivity contribution in [2.24, 2.45) is 0 Å². The molecule has 0 aromatic carbocycles. The Morgan fingerprint density at radius 2 is 2.54 bits per heavy atom. The molecule has 0 aliphatic rings. The summed E-state index contributed by atoms with van der Waals surface area (Å²) >= 11 is 1.39. The van der Waals surface area contributed by atoms with Crippen LogP contribution in [0.4, 0.5) is 10.1 Å². The molecule has 1 rings (SSSR count). The SMILES string of the molecule is CCCC(O)CNc1ncc(N)s1. The van der Waals surface area contributed by atoms with Gasteiger partial charge in [-0.15, -0.1) is 0 Å². The first-order valence-electron chi connectivity index (χ1n) is 4.35. The van der Waals surface area contributed by atoms with E-state index in [1.807, 2.05) is 6.92 Å². The molecule has 0 radical (unpaired) electrons. The Balaban J connectivity index is 2.26. The van der Waals surface area contributed by atoms with E-state index in [0.717, 1.165) is 18.0 Å². The zero-order valence-electron chi connectivity index (χ0n) is 7.66. The molecule has 1 heterocycles. The maximum absolute atomic E-state index is 9.40. The summed E-state index contributed by atoms with van der Waals surface area (Å²) in [5, 5.41) is 13.9. The zero-order chi connectivity index (χ0) is 9.68. The van der Waals surface area contributed by atoms with Gasteiger partial charge in [0.15, 0.2) is 5.13 Å². The highest BCUT2D eigenvalue weighted by Crippen LogP contribution is 2.19. The van der Waals surface area contributed by atoms with E-state index in [1.165, 1.54) is 11.3 Å². The molecule has 0 fully saturated rings. The van der Waals surface area contributed by atoms with Crippen LogP contribution in [0, 0.1) is 0 Å². The van der Waals surface area contributed by atoms with Crippen molar-refractivity contribution in [2.75, 3.05) is 17.6 Å². The molecule has 0 aliphatic carbocycles. The molecule has 0 saturated carbocycles. The van der Waals surface area contributed by atoms with Gasteiger partial charge in [-0.1, -0.05) is 24.7 Å². The first-order chi connectivity index (χ1) is 6.22. The molecule has 5 heteroatoms. The van der Waals surface area contributed by atoms with E-state index in [0.29, 0.717) is 11.5 Å². The van der Waals surface area contributed by atoms with Crippen LogP contribution >= 0.6 is 11.3 Å². The summed E-state index contributed by atoms with van der Waals surface area (Å²) in [6.45, 7) is 2.59. The Hall–Kier alpha value is -0.810. The third kappa shape index (κ3) is 3.61. The number of aliphatic hydroxyl groups excluding tert-OH is 1. The van der Waals surface area contributed by atoms with Gasteiger partial charge in [-0.25, -0.2) is 4.98 Å². The molecule has 0 spiro atoms. The minimum absolute atomic E-state index is 0.296. The van der Waals surface area contributed by atoms with Crippen LogP contribution < -0.4 is 11.1 Å². The number of anilines is 2. The van der Waals surface area contributed by atoms with E-state index in [2.05, 4.69) is 10.3 Å². The summed E-state index contributed by atoms with van der Waals surface area (Å²) in [4.78, 5) is 4.02. The number of aliphatic hydroxyl groups is 1. The highest BCUT2D eigenvalue weighted by atomic mass is 32.1. The second kappa shape index (κ2) is 5.04. The highest BCUT2D eigenvalue weighted by Gasteiger charge is 2.03. The molecule has 0 amide bonds. The summed E-state index contributed by atoms with van der Waals surface area (Å²) in [5.41, 5.74) is 5.50. The van der Waals surface area contributed by atoms with Crippen LogP contribution in [-0.2, 0) is 0 Å². The van der Waals surface area contributed by atoms with E-state index in [-0.39, 0.29) is 6.10 Å². The smallest absolute Gasteiger partial charge is 0.184 e. The van der Waals surface area contributed by atoms with Gasteiger partial charge >= 0.3 is 0 Å². The summed E-state index contributed by atoms with van der Waals surface area (Å²) in [6.07, 6.45) is 3.12. The first kappa shape index (κ1) is 10.3. The van der Waals surface area contributed by atoms with E-state index < -0.39 is 0 Å². The standard InChI is InChI=1S/C8H15N3OS/c1-2-3-6(12)4-10-8-11-5-7(9)13-8/h5-6,12H,2-4,9H2,1H3,(H,10,11). The molecule has 0 bridgehead atoms. The van der Waals surface area contributed by atoms with Crippen LogP contribution in [0.5, 0.6) is 0 Å². The van der Waals surface area contributed by atoms with Gasteiger partial charge in [0, 0.05) is 6.54 Å². The molecule has 4 nitrogen and oxygen atoms in total. The van der Waals surface area contributed by atoms with Gasteiger partial charge in [0.2, 0.25) is 0 Å². The normalized spacial score (nSPS) is 12.8. The third-order valence-electron chi connectivity index (χ3n) is 1.63. The fourth-order valence-corrected chi connectivity index (χ4v) is 1.60.